The fourth-order valence-electron chi connectivity index (χ4n) is 4.32. The maximum absolute atomic E-state index is 15.1. The first kappa shape index (κ1) is 27.7. The molecular formula is C24H24ClF4N5O3S. The van der Waals surface area contributed by atoms with Gasteiger partial charge < -0.3 is 14.8 Å². The van der Waals surface area contributed by atoms with Gasteiger partial charge in [-0.2, -0.15) is 13.2 Å². The number of carbonyl (C=O) groups is 1. The number of sulfonamides is 1. The monoisotopic (exact) mass is 573 g/mol. The van der Waals surface area contributed by atoms with Crippen LogP contribution in [0.2, 0.25) is 5.02 Å². The van der Waals surface area contributed by atoms with E-state index in [1.807, 2.05) is 0 Å². The molecule has 0 spiro atoms. The van der Waals surface area contributed by atoms with Crippen molar-refractivity contribution >= 4 is 44.6 Å². The molecule has 0 bridgehead atoms. The van der Waals surface area contributed by atoms with Crippen molar-refractivity contribution in [3.8, 4) is 11.4 Å². The number of nitrogens with one attached hydrogen (secondary N) is 2. The van der Waals surface area contributed by atoms with Crippen LogP contribution in [0.1, 0.15) is 23.2 Å². The van der Waals surface area contributed by atoms with E-state index in [-0.39, 0.29) is 53.6 Å². The van der Waals surface area contributed by atoms with Gasteiger partial charge in [-0.25, -0.2) is 17.8 Å². The lowest BCUT2D eigenvalue weighted by Crippen LogP contribution is -2.39. The molecule has 1 aliphatic rings. The van der Waals surface area contributed by atoms with Crippen LogP contribution in [-0.2, 0) is 17.1 Å². The van der Waals surface area contributed by atoms with Crippen molar-refractivity contribution in [2.45, 2.75) is 19.0 Å². The zero-order valence-corrected chi connectivity index (χ0v) is 21.9. The summed E-state index contributed by atoms with van der Waals surface area (Å²) in [6, 6.07) is 6.89. The average Bonchev–Trinajstić information content (AvgIpc) is 3.18. The second-order valence-electron chi connectivity index (χ2n) is 9.11. The lowest BCUT2D eigenvalue weighted by molar-refractivity contribution is -0.179. The molecule has 2 N–H and O–H groups in total. The Kier molecular flexibility index (Phi) is 7.62. The first-order valence-electron chi connectivity index (χ1n) is 11.4. The second kappa shape index (κ2) is 10.4. The van der Waals surface area contributed by atoms with E-state index in [4.69, 9.17) is 11.6 Å². The molecule has 1 saturated heterocycles. The van der Waals surface area contributed by atoms with Gasteiger partial charge in [0.2, 0.25) is 10.0 Å². The summed E-state index contributed by atoms with van der Waals surface area (Å²) in [6.07, 6.45) is -0.516. The highest BCUT2D eigenvalue weighted by atomic mass is 35.5. The third kappa shape index (κ3) is 6.57. The Labute approximate surface area is 221 Å². The summed E-state index contributed by atoms with van der Waals surface area (Å²) in [4.78, 5) is 18.7. The van der Waals surface area contributed by atoms with Crippen LogP contribution in [0.3, 0.4) is 0 Å². The number of piperidine rings is 1. The fourth-order valence-corrected chi connectivity index (χ4v) is 5.10. The van der Waals surface area contributed by atoms with Crippen LogP contribution >= 0.6 is 11.6 Å². The lowest BCUT2D eigenvalue weighted by Gasteiger charge is -2.34. The molecule has 3 aromatic rings. The topological polar surface area (TPSA) is 96.3 Å². The number of aromatic nitrogens is 2. The number of amides is 1. The molecule has 0 unspecified atom stereocenters. The molecular weight excluding hydrogens is 550 g/mol. The van der Waals surface area contributed by atoms with Crippen molar-refractivity contribution in [1.82, 2.24) is 9.55 Å². The zero-order chi connectivity index (χ0) is 27.8. The van der Waals surface area contributed by atoms with Crippen LogP contribution in [0, 0.1) is 11.7 Å². The second-order valence-corrected chi connectivity index (χ2v) is 11.3. The Balaban J connectivity index is 1.50. The van der Waals surface area contributed by atoms with Crippen LogP contribution in [-0.4, -0.2) is 49.4 Å². The Morgan fingerprint density at radius 1 is 1.11 bits per heavy atom. The van der Waals surface area contributed by atoms with E-state index in [1.54, 1.807) is 11.9 Å². The number of carbonyl (C=O) groups excluding carboxylic acids is 1. The highest BCUT2D eigenvalue weighted by Crippen LogP contribution is 2.36. The SMILES string of the molecule is Cn1cc(C(=O)Nc2cc(Cl)cc(NS(C)(=O)=O)c2)cc1-c1ncc(N2CCC(C(F)(F)F)CC2)cc1F. The van der Waals surface area contributed by atoms with Crippen LogP contribution in [0.5, 0.6) is 0 Å². The molecule has 0 radical (unpaired) electrons. The molecule has 3 heterocycles. The normalized spacial score (nSPS) is 15.0. The standard InChI is InChI=1S/C24H24ClF4N5O3S/c1-33-13-14(23(35)31-17-8-16(25)9-18(10-17)32-38(2,36)37)7-21(33)22-20(26)11-19(12-30-22)34-5-3-15(4-6-34)24(27,28)29/h7-13,15,32H,3-6H2,1-2H3,(H,31,35). The minimum Gasteiger partial charge on any atom is -0.370 e. The van der Waals surface area contributed by atoms with Crippen LogP contribution < -0.4 is 14.9 Å². The van der Waals surface area contributed by atoms with Gasteiger partial charge in [0.15, 0.2) is 5.82 Å². The van der Waals surface area contributed by atoms with Crippen molar-refractivity contribution in [3.05, 3.63) is 59.1 Å². The molecule has 204 valence electrons. The molecule has 1 aromatic carbocycles. The molecule has 1 amide bonds. The number of pyridine rings is 1. The van der Waals surface area contributed by atoms with Crippen LogP contribution in [0.4, 0.5) is 34.6 Å². The molecule has 0 atom stereocenters. The first-order chi connectivity index (χ1) is 17.7. The van der Waals surface area contributed by atoms with Crippen molar-refractivity contribution in [2.24, 2.45) is 13.0 Å². The van der Waals surface area contributed by atoms with Gasteiger partial charge in [0.25, 0.3) is 5.91 Å². The Morgan fingerprint density at radius 2 is 1.76 bits per heavy atom. The molecule has 14 heteroatoms. The molecule has 38 heavy (non-hydrogen) atoms. The average molecular weight is 574 g/mol. The minimum atomic E-state index is -4.24. The van der Waals surface area contributed by atoms with Crippen molar-refractivity contribution in [1.29, 1.82) is 0 Å². The van der Waals surface area contributed by atoms with E-state index >= 15 is 4.39 Å². The Morgan fingerprint density at radius 3 is 2.37 bits per heavy atom. The van der Waals surface area contributed by atoms with Gasteiger partial charge in [-0.1, -0.05) is 11.6 Å². The van der Waals surface area contributed by atoms with Gasteiger partial charge in [0, 0.05) is 43.1 Å². The number of alkyl halides is 3. The highest BCUT2D eigenvalue weighted by molar-refractivity contribution is 7.92. The summed E-state index contributed by atoms with van der Waals surface area (Å²) in [5, 5.41) is 2.82. The van der Waals surface area contributed by atoms with Crippen molar-refractivity contribution in [2.75, 3.05) is 34.3 Å². The predicted molar refractivity (Wildman–Crippen MR) is 137 cm³/mol. The Bertz CT molecular complexity index is 1470. The van der Waals surface area contributed by atoms with Crippen molar-refractivity contribution in [3.63, 3.8) is 0 Å². The van der Waals surface area contributed by atoms with E-state index < -0.39 is 33.8 Å². The third-order valence-electron chi connectivity index (χ3n) is 6.12. The maximum Gasteiger partial charge on any atom is 0.391 e. The number of nitrogens with zero attached hydrogens (tertiary/aromatic N) is 3. The van der Waals surface area contributed by atoms with Gasteiger partial charge >= 0.3 is 6.18 Å². The molecule has 0 saturated carbocycles. The maximum atomic E-state index is 15.1. The van der Waals surface area contributed by atoms with Gasteiger partial charge in [0.1, 0.15) is 5.69 Å². The number of benzene rings is 1. The lowest BCUT2D eigenvalue weighted by atomic mass is 9.96. The number of hydrogen-bond donors (Lipinski definition) is 2. The van der Waals surface area contributed by atoms with E-state index in [0.29, 0.717) is 11.4 Å². The molecule has 2 aromatic heterocycles. The molecule has 1 aliphatic heterocycles. The number of rotatable bonds is 6. The minimum absolute atomic E-state index is 0.0251. The van der Waals surface area contributed by atoms with E-state index in [0.717, 1.165) is 6.26 Å². The van der Waals surface area contributed by atoms with Gasteiger partial charge in [-0.05, 0) is 37.1 Å². The summed E-state index contributed by atoms with van der Waals surface area (Å²) in [6.45, 7) is 0.286. The zero-order valence-electron chi connectivity index (χ0n) is 20.3. The van der Waals surface area contributed by atoms with Gasteiger partial charge in [0.05, 0.1) is 41.0 Å². The quantitative estimate of drug-likeness (QED) is 0.391. The van der Waals surface area contributed by atoms with E-state index in [1.165, 1.54) is 47.3 Å². The van der Waals surface area contributed by atoms with Crippen LogP contribution in [0.15, 0.2) is 42.7 Å². The molecule has 4 rings (SSSR count). The summed E-state index contributed by atoms with van der Waals surface area (Å²) in [5.74, 6) is -2.60. The van der Waals surface area contributed by atoms with Gasteiger partial charge in [-0.3, -0.25) is 9.52 Å². The largest absolute Gasteiger partial charge is 0.391 e. The number of aryl methyl sites for hydroxylation is 1. The van der Waals surface area contributed by atoms with E-state index in [2.05, 4.69) is 15.0 Å². The molecule has 1 fully saturated rings. The number of hydrogen-bond acceptors (Lipinski definition) is 5. The molecule has 0 aliphatic carbocycles. The van der Waals surface area contributed by atoms with Crippen LogP contribution in [0.25, 0.3) is 11.4 Å². The third-order valence-corrected chi connectivity index (χ3v) is 6.94. The molecule has 8 nitrogen and oxygen atoms in total. The predicted octanol–water partition coefficient (Wildman–Crippen LogP) is 5.28. The van der Waals surface area contributed by atoms with Gasteiger partial charge in [-0.15, -0.1) is 0 Å². The summed E-state index contributed by atoms with van der Waals surface area (Å²) >= 11 is 6.04. The number of halogens is 5. The first-order valence-corrected chi connectivity index (χ1v) is 13.7. The summed E-state index contributed by atoms with van der Waals surface area (Å²) in [7, 11) is -1.95. The van der Waals surface area contributed by atoms with Crippen molar-refractivity contribution < 1.29 is 30.8 Å². The summed E-state index contributed by atoms with van der Waals surface area (Å²) < 4.78 is 80.7. The van der Waals surface area contributed by atoms with E-state index in [9.17, 15) is 26.4 Å². The smallest absolute Gasteiger partial charge is 0.370 e. The fraction of sp³-hybridized carbons (Fsp3) is 0.333. The number of anilines is 3. The Hall–Kier alpha value is -3.32. The summed E-state index contributed by atoms with van der Waals surface area (Å²) in [5.41, 5.74) is 1.25. The highest BCUT2D eigenvalue weighted by Gasteiger charge is 2.41.